The molecule has 7 heteroatoms. The average Bonchev–Trinajstić information content (AvgIpc) is 2.59. The number of hydrogen-bond acceptors (Lipinski definition) is 6. The van der Waals surface area contributed by atoms with Gasteiger partial charge in [0.15, 0.2) is 0 Å². The predicted molar refractivity (Wildman–Crippen MR) is 96.5 cm³/mol. The number of ether oxygens (including phenoxy) is 2. The highest BCUT2D eigenvalue weighted by Gasteiger charge is 2.32. The smallest absolute Gasteiger partial charge is 0.410 e. The van der Waals surface area contributed by atoms with Crippen LogP contribution < -0.4 is 0 Å². The van der Waals surface area contributed by atoms with Crippen LogP contribution in [0.2, 0.25) is 0 Å². The minimum atomic E-state index is -0.565. The number of nitrogens with zero attached hydrogens (tertiary/aromatic N) is 2. The van der Waals surface area contributed by atoms with Crippen molar-refractivity contribution in [2.75, 3.05) is 32.8 Å². The third kappa shape index (κ3) is 6.31. The lowest BCUT2D eigenvalue weighted by atomic mass is 10.1. The summed E-state index contributed by atoms with van der Waals surface area (Å²) in [5.74, 6) is -0.349. The lowest BCUT2D eigenvalue weighted by Crippen LogP contribution is -2.57. The molecule has 0 aromatic heterocycles. The Hall–Kier alpha value is -2.12. The molecule has 7 nitrogen and oxygen atoms in total. The monoisotopic (exact) mass is 364 g/mol. The molecule has 1 amide bonds. The molecule has 26 heavy (non-hydrogen) atoms. The quantitative estimate of drug-likeness (QED) is 0.801. The molecule has 0 aliphatic carbocycles. The highest BCUT2D eigenvalue weighted by Crippen LogP contribution is 2.15. The van der Waals surface area contributed by atoms with Crippen LogP contribution in [0.3, 0.4) is 0 Å². The number of amides is 1. The molecule has 1 aliphatic heterocycles. The summed E-state index contributed by atoms with van der Waals surface area (Å²) in [5, 5.41) is 9.64. The first-order chi connectivity index (χ1) is 12.3. The van der Waals surface area contributed by atoms with Crippen molar-refractivity contribution in [1.82, 2.24) is 9.80 Å². The maximum absolute atomic E-state index is 12.2. The summed E-state index contributed by atoms with van der Waals surface area (Å²) in [6, 6.07) is 9.15. The van der Waals surface area contributed by atoms with Crippen molar-refractivity contribution in [1.29, 1.82) is 0 Å². The Morgan fingerprint density at radius 1 is 1.19 bits per heavy atom. The van der Waals surface area contributed by atoms with E-state index in [-0.39, 0.29) is 31.8 Å². The van der Waals surface area contributed by atoms with E-state index in [4.69, 9.17) is 9.47 Å². The molecule has 0 spiro atoms. The van der Waals surface area contributed by atoms with Gasteiger partial charge in [0, 0.05) is 19.6 Å². The lowest BCUT2D eigenvalue weighted by molar-refractivity contribution is -0.147. The van der Waals surface area contributed by atoms with Crippen LogP contribution in [0.1, 0.15) is 26.3 Å². The first-order valence-electron chi connectivity index (χ1n) is 8.81. The normalized spacial score (nSPS) is 18.5. The van der Waals surface area contributed by atoms with Crippen LogP contribution in [0.5, 0.6) is 0 Å². The van der Waals surface area contributed by atoms with E-state index in [1.807, 2.05) is 56.0 Å². The largest absolute Gasteiger partial charge is 0.460 e. The molecule has 1 aromatic carbocycles. The zero-order valence-corrected chi connectivity index (χ0v) is 15.7. The fraction of sp³-hybridized carbons (Fsp3) is 0.579. The molecule has 0 saturated carbocycles. The van der Waals surface area contributed by atoms with Gasteiger partial charge in [-0.15, -0.1) is 0 Å². The van der Waals surface area contributed by atoms with Crippen LogP contribution in [-0.4, -0.2) is 71.4 Å². The molecule has 1 aliphatic rings. The molecular weight excluding hydrogens is 336 g/mol. The molecular formula is C19H28N2O5. The zero-order chi connectivity index (χ0) is 19.2. The molecule has 1 heterocycles. The molecule has 144 valence electrons. The Labute approximate surface area is 154 Å². The second-order valence-electron chi connectivity index (χ2n) is 7.38. The summed E-state index contributed by atoms with van der Waals surface area (Å²) >= 11 is 0. The van der Waals surface area contributed by atoms with Crippen LogP contribution in [0.25, 0.3) is 0 Å². The minimum Gasteiger partial charge on any atom is -0.460 e. The molecule has 1 aromatic rings. The highest BCUT2D eigenvalue weighted by atomic mass is 16.6. The van der Waals surface area contributed by atoms with Gasteiger partial charge < -0.3 is 19.5 Å². The fourth-order valence-electron chi connectivity index (χ4n) is 2.72. The Kier molecular flexibility index (Phi) is 6.99. The highest BCUT2D eigenvalue weighted by molar-refractivity contribution is 5.72. The number of piperazine rings is 1. The number of aliphatic hydroxyl groups excluding tert-OH is 1. The molecule has 0 bridgehead atoms. The third-order valence-corrected chi connectivity index (χ3v) is 4.04. The van der Waals surface area contributed by atoms with Crippen molar-refractivity contribution in [3.8, 4) is 0 Å². The summed E-state index contributed by atoms with van der Waals surface area (Å²) in [4.78, 5) is 27.7. The van der Waals surface area contributed by atoms with Crippen LogP contribution in [0.15, 0.2) is 30.3 Å². The van der Waals surface area contributed by atoms with Gasteiger partial charge in [0.25, 0.3) is 0 Å². The SMILES string of the molecule is CC(C)(C)OC(=O)N1CCN(CC(=O)OCc2ccccc2)[C@@H](CO)C1. The first-order valence-corrected chi connectivity index (χ1v) is 8.81. The van der Waals surface area contributed by atoms with Gasteiger partial charge in [-0.2, -0.15) is 0 Å². The third-order valence-electron chi connectivity index (χ3n) is 4.04. The standard InChI is InChI=1S/C19H28N2O5/c1-19(2,3)26-18(24)21-10-9-20(16(11-21)13-22)12-17(23)25-14-15-7-5-4-6-8-15/h4-8,16,22H,9-14H2,1-3H3/t16-/m1/s1. The second-order valence-corrected chi connectivity index (χ2v) is 7.38. The Balaban J connectivity index is 1.83. The summed E-state index contributed by atoms with van der Waals surface area (Å²) in [7, 11) is 0. The number of hydrogen-bond donors (Lipinski definition) is 1. The van der Waals surface area contributed by atoms with E-state index in [1.165, 1.54) is 0 Å². The molecule has 1 N–H and O–H groups in total. The van der Waals surface area contributed by atoms with Gasteiger partial charge in [0.1, 0.15) is 12.2 Å². The van der Waals surface area contributed by atoms with E-state index in [1.54, 1.807) is 4.90 Å². The molecule has 0 unspecified atom stereocenters. The Bertz CT molecular complexity index is 600. The van der Waals surface area contributed by atoms with Gasteiger partial charge in [0.05, 0.1) is 19.2 Å². The summed E-state index contributed by atoms with van der Waals surface area (Å²) in [6.07, 6.45) is -0.401. The van der Waals surface area contributed by atoms with E-state index in [2.05, 4.69) is 0 Å². The van der Waals surface area contributed by atoms with Gasteiger partial charge in [0.2, 0.25) is 0 Å². The van der Waals surface area contributed by atoms with Crippen LogP contribution in [-0.2, 0) is 20.9 Å². The molecule has 1 atom stereocenters. The van der Waals surface area contributed by atoms with E-state index >= 15 is 0 Å². The minimum absolute atomic E-state index is 0.0836. The van der Waals surface area contributed by atoms with Crippen molar-refractivity contribution in [2.24, 2.45) is 0 Å². The van der Waals surface area contributed by atoms with Crippen molar-refractivity contribution in [3.05, 3.63) is 35.9 Å². The molecule has 1 saturated heterocycles. The Morgan fingerprint density at radius 3 is 2.50 bits per heavy atom. The van der Waals surface area contributed by atoms with Crippen molar-refractivity contribution >= 4 is 12.1 Å². The van der Waals surface area contributed by atoms with Gasteiger partial charge in [-0.3, -0.25) is 9.69 Å². The lowest BCUT2D eigenvalue weighted by Gasteiger charge is -2.40. The number of benzene rings is 1. The molecule has 1 fully saturated rings. The number of aliphatic hydroxyl groups is 1. The number of carbonyl (C=O) groups is 2. The number of carbonyl (C=O) groups excluding carboxylic acids is 2. The molecule has 2 rings (SSSR count). The zero-order valence-electron chi connectivity index (χ0n) is 15.7. The van der Waals surface area contributed by atoms with Crippen LogP contribution in [0, 0.1) is 0 Å². The van der Waals surface area contributed by atoms with Gasteiger partial charge in [-0.25, -0.2) is 4.79 Å². The second kappa shape index (κ2) is 9.00. The average molecular weight is 364 g/mol. The maximum Gasteiger partial charge on any atom is 0.410 e. The summed E-state index contributed by atoms with van der Waals surface area (Å²) < 4.78 is 10.7. The maximum atomic E-state index is 12.2. The molecule has 0 radical (unpaired) electrons. The van der Waals surface area contributed by atoms with E-state index in [0.29, 0.717) is 19.6 Å². The fourth-order valence-corrected chi connectivity index (χ4v) is 2.72. The van der Waals surface area contributed by atoms with Gasteiger partial charge in [-0.1, -0.05) is 30.3 Å². The number of rotatable bonds is 5. The van der Waals surface area contributed by atoms with Crippen LogP contribution >= 0.6 is 0 Å². The van der Waals surface area contributed by atoms with E-state index < -0.39 is 11.7 Å². The van der Waals surface area contributed by atoms with Crippen molar-refractivity contribution in [3.63, 3.8) is 0 Å². The first kappa shape index (κ1) is 20.2. The number of esters is 1. The summed E-state index contributed by atoms with van der Waals surface area (Å²) in [5.41, 5.74) is 0.360. The Morgan fingerprint density at radius 2 is 1.88 bits per heavy atom. The predicted octanol–water partition coefficient (Wildman–Crippen LogP) is 1.64. The van der Waals surface area contributed by atoms with Gasteiger partial charge >= 0.3 is 12.1 Å². The van der Waals surface area contributed by atoms with Gasteiger partial charge in [-0.05, 0) is 26.3 Å². The van der Waals surface area contributed by atoms with Crippen molar-refractivity contribution in [2.45, 2.75) is 39.0 Å². The topological polar surface area (TPSA) is 79.3 Å². The van der Waals surface area contributed by atoms with Crippen molar-refractivity contribution < 1.29 is 24.2 Å². The van der Waals surface area contributed by atoms with E-state index in [0.717, 1.165) is 5.56 Å². The van der Waals surface area contributed by atoms with E-state index in [9.17, 15) is 14.7 Å². The van der Waals surface area contributed by atoms with Crippen LogP contribution in [0.4, 0.5) is 4.79 Å². The summed E-state index contributed by atoms with van der Waals surface area (Å²) in [6.45, 7) is 6.83.